The number of halogens is 2. The van der Waals surface area contributed by atoms with Crippen molar-refractivity contribution in [1.29, 1.82) is 0 Å². The van der Waals surface area contributed by atoms with E-state index >= 15 is 0 Å². The second-order valence-corrected chi connectivity index (χ2v) is 5.78. The topological polar surface area (TPSA) is 29.5 Å². The molecule has 0 saturated heterocycles. The van der Waals surface area contributed by atoms with Crippen molar-refractivity contribution in [3.05, 3.63) is 49.6 Å². The van der Waals surface area contributed by atoms with Gasteiger partial charge in [0.2, 0.25) is 0 Å². The average Bonchev–Trinajstić information content (AvgIpc) is 2.73. The largest absolute Gasteiger partial charge is 0.488 e. The molecule has 2 rings (SSSR count). The maximum Gasteiger partial charge on any atom is 0.125 e. The third-order valence-electron chi connectivity index (χ3n) is 2.18. The van der Waals surface area contributed by atoms with Gasteiger partial charge in [0.15, 0.2) is 0 Å². The van der Waals surface area contributed by atoms with E-state index in [1.54, 1.807) is 29.5 Å². The first-order valence-corrected chi connectivity index (χ1v) is 6.99. The minimum Gasteiger partial charge on any atom is -0.488 e. The van der Waals surface area contributed by atoms with E-state index in [2.05, 4.69) is 15.9 Å². The van der Waals surface area contributed by atoms with E-state index in [0.29, 0.717) is 22.9 Å². The summed E-state index contributed by atoms with van der Waals surface area (Å²) in [5.41, 5.74) is 0.702. The fourth-order valence-corrected chi connectivity index (χ4v) is 2.95. The highest BCUT2D eigenvalue weighted by molar-refractivity contribution is 9.10. The van der Waals surface area contributed by atoms with Gasteiger partial charge < -0.3 is 9.84 Å². The summed E-state index contributed by atoms with van der Waals surface area (Å²) in [6.07, 6.45) is 0. The van der Waals surface area contributed by atoms with Crippen LogP contribution in [0.1, 0.15) is 10.4 Å². The normalized spacial score (nSPS) is 10.5. The minimum absolute atomic E-state index is 0.0793. The molecule has 2 aromatic rings. The van der Waals surface area contributed by atoms with Gasteiger partial charge in [-0.2, -0.15) is 0 Å². The van der Waals surface area contributed by atoms with Crippen LogP contribution in [-0.2, 0) is 13.2 Å². The van der Waals surface area contributed by atoms with Gasteiger partial charge in [-0.05, 0) is 40.2 Å². The lowest BCUT2D eigenvalue weighted by Gasteiger charge is -2.09. The van der Waals surface area contributed by atoms with E-state index in [9.17, 15) is 5.11 Å². The maximum atomic E-state index is 9.20. The predicted octanol–water partition coefficient (Wildman–Crippen LogP) is 4.24. The molecule has 0 unspecified atom stereocenters. The van der Waals surface area contributed by atoms with Gasteiger partial charge in [-0.3, -0.25) is 0 Å². The monoisotopic (exact) mass is 332 g/mol. The Labute approximate surface area is 117 Å². The predicted molar refractivity (Wildman–Crippen MR) is 73.7 cm³/mol. The smallest absolute Gasteiger partial charge is 0.125 e. The molecule has 0 spiro atoms. The number of thiophene rings is 1. The summed E-state index contributed by atoms with van der Waals surface area (Å²) in [6, 6.07) is 7.25. The van der Waals surface area contributed by atoms with Crippen LogP contribution in [-0.4, -0.2) is 5.11 Å². The molecule has 0 saturated carbocycles. The Hall–Kier alpha value is -0.550. The highest BCUT2D eigenvalue weighted by Gasteiger charge is 2.05. The van der Waals surface area contributed by atoms with E-state index in [1.807, 2.05) is 11.4 Å². The highest BCUT2D eigenvalue weighted by Crippen LogP contribution is 2.25. The Morgan fingerprint density at radius 1 is 1.35 bits per heavy atom. The summed E-state index contributed by atoms with van der Waals surface area (Å²) >= 11 is 10.9. The van der Waals surface area contributed by atoms with E-state index < -0.39 is 0 Å². The van der Waals surface area contributed by atoms with Crippen LogP contribution in [0.4, 0.5) is 0 Å². The molecule has 0 fully saturated rings. The molecule has 0 aliphatic rings. The van der Waals surface area contributed by atoms with Crippen LogP contribution >= 0.6 is 38.9 Å². The lowest BCUT2D eigenvalue weighted by molar-refractivity contribution is 0.260. The van der Waals surface area contributed by atoms with Crippen molar-refractivity contribution in [2.45, 2.75) is 13.2 Å². The lowest BCUT2D eigenvalue weighted by atomic mass is 10.2. The van der Waals surface area contributed by atoms with Crippen LogP contribution in [0.25, 0.3) is 0 Å². The molecular formula is C12H10BrClO2S. The quantitative estimate of drug-likeness (QED) is 0.907. The molecular weight excluding hydrogens is 324 g/mol. The molecule has 0 bridgehead atoms. The fourth-order valence-electron chi connectivity index (χ4n) is 1.39. The number of rotatable bonds is 4. The van der Waals surface area contributed by atoms with Gasteiger partial charge in [0, 0.05) is 25.3 Å². The molecule has 2 nitrogen and oxygen atoms in total. The van der Waals surface area contributed by atoms with Crippen LogP contribution < -0.4 is 4.74 Å². The summed E-state index contributed by atoms with van der Waals surface area (Å²) in [6.45, 7) is 0.412. The van der Waals surface area contributed by atoms with Crippen molar-refractivity contribution < 1.29 is 9.84 Å². The Bertz CT molecular complexity index is 513. The molecule has 1 aromatic carbocycles. The molecule has 0 radical (unpaired) electrons. The Kier molecular flexibility index (Phi) is 4.45. The molecule has 1 heterocycles. The molecule has 17 heavy (non-hydrogen) atoms. The summed E-state index contributed by atoms with van der Waals surface area (Å²) < 4.78 is 6.71. The third kappa shape index (κ3) is 3.45. The summed E-state index contributed by atoms with van der Waals surface area (Å²) in [5, 5.41) is 11.8. The van der Waals surface area contributed by atoms with Crippen LogP contribution in [0.3, 0.4) is 0 Å². The van der Waals surface area contributed by atoms with E-state index in [-0.39, 0.29) is 6.61 Å². The van der Waals surface area contributed by atoms with Crippen molar-refractivity contribution >= 4 is 38.9 Å². The molecule has 0 aliphatic heterocycles. The van der Waals surface area contributed by atoms with Gasteiger partial charge in [0.25, 0.3) is 0 Å². The van der Waals surface area contributed by atoms with Crippen LogP contribution in [0.2, 0.25) is 5.02 Å². The van der Waals surface area contributed by atoms with Crippen molar-refractivity contribution in [2.24, 2.45) is 0 Å². The number of aliphatic hydroxyl groups excluding tert-OH is 1. The Morgan fingerprint density at radius 3 is 2.82 bits per heavy atom. The van der Waals surface area contributed by atoms with Crippen LogP contribution in [0, 0.1) is 0 Å². The SMILES string of the molecule is OCc1cc(Cl)ccc1OCc1cc(Br)cs1. The first-order valence-electron chi connectivity index (χ1n) is 4.94. The molecule has 1 aromatic heterocycles. The molecule has 90 valence electrons. The minimum atomic E-state index is -0.0793. The van der Waals surface area contributed by atoms with Crippen LogP contribution in [0.5, 0.6) is 5.75 Å². The summed E-state index contributed by atoms with van der Waals surface area (Å²) in [7, 11) is 0. The van der Waals surface area contributed by atoms with Gasteiger partial charge in [0.1, 0.15) is 12.4 Å². The molecule has 0 aliphatic carbocycles. The number of hydrogen-bond donors (Lipinski definition) is 1. The number of benzene rings is 1. The van der Waals surface area contributed by atoms with Crippen molar-refractivity contribution in [3.63, 3.8) is 0 Å². The van der Waals surface area contributed by atoms with Crippen molar-refractivity contribution in [2.75, 3.05) is 0 Å². The van der Waals surface area contributed by atoms with Crippen molar-refractivity contribution in [3.8, 4) is 5.75 Å². The van der Waals surface area contributed by atoms with E-state index in [0.717, 1.165) is 9.35 Å². The average molecular weight is 334 g/mol. The van der Waals surface area contributed by atoms with E-state index in [4.69, 9.17) is 16.3 Å². The molecule has 1 N–H and O–H groups in total. The first-order chi connectivity index (χ1) is 8.19. The number of ether oxygens (including phenoxy) is 1. The van der Waals surface area contributed by atoms with Gasteiger partial charge >= 0.3 is 0 Å². The molecule has 0 atom stereocenters. The zero-order chi connectivity index (χ0) is 12.3. The maximum absolute atomic E-state index is 9.20. The number of hydrogen-bond acceptors (Lipinski definition) is 3. The summed E-state index contributed by atoms with van der Waals surface area (Å²) in [4.78, 5) is 1.12. The second-order valence-electron chi connectivity index (χ2n) is 3.43. The molecule has 5 heteroatoms. The van der Waals surface area contributed by atoms with Crippen LogP contribution in [0.15, 0.2) is 34.1 Å². The van der Waals surface area contributed by atoms with Gasteiger partial charge in [-0.15, -0.1) is 11.3 Å². The summed E-state index contributed by atoms with van der Waals surface area (Å²) in [5.74, 6) is 0.668. The van der Waals surface area contributed by atoms with Gasteiger partial charge in [-0.1, -0.05) is 11.6 Å². The fraction of sp³-hybridized carbons (Fsp3) is 0.167. The molecule has 0 amide bonds. The number of aliphatic hydroxyl groups is 1. The van der Waals surface area contributed by atoms with Gasteiger partial charge in [-0.25, -0.2) is 0 Å². The first kappa shape index (κ1) is 12.9. The third-order valence-corrected chi connectivity index (χ3v) is 4.09. The zero-order valence-electron chi connectivity index (χ0n) is 8.82. The van der Waals surface area contributed by atoms with Gasteiger partial charge in [0.05, 0.1) is 6.61 Å². The van der Waals surface area contributed by atoms with Crippen molar-refractivity contribution in [1.82, 2.24) is 0 Å². The standard InChI is InChI=1S/C12H10BrClO2S/c13-9-4-11(17-7-9)6-16-12-2-1-10(14)3-8(12)5-15/h1-4,7,15H,5-6H2. The Morgan fingerprint density at radius 2 is 2.18 bits per heavy atom. The Balaban J connectivity index is 2.08. The lowest BCUT2D eigenvalue weighted by Crippen LogP contribution is -1.97. The van der Waals surface area contributed by atoms with E-state index in [1.165, 1.54) is 0 Å². The highest BCUT2D eigenvalue weighted by atomic mass is 79.9. The zero-order valence-corrected chi connectivity index (χ0v) is 12.0. The second kappa shape index (κ2) is 5.87.